The van der Waals surface area contributed by atoms with Gasteiger partial charge in [-0.05, 0) is 68.5 Å². The molecular formula is C17H24N2O2. The molecule has 4 nitrogen and oxygen atoms in total. The lowest BCUT2D eigenvalue weighted by atomic mass is 10.1. The van der Waals surface area contributed by atoms with Crippen molar-refractivity contribution < 1.29 is 9.53 Å². The van der Waals surface area contributed by atoms with Gasteiger partial charge in [0.15, 0.2) is 0 Å². The summed E-state index contributed by atoms with van der Waals surface area (Å²) in [6.45, 7) is 3.25. The fraction of sp³-hybridized carbons (Fsp3) is 0.588. The minimum Gasteiger partial charge on any atom is -0.376 e. The summed E-state index contributed by atoms with van der Waals surface area (Å²) in [6, 6.07) is 6.08. The van der Waals surface area contributed by atoms with Crippen molar-refractivity contribution in [3.63, 3.8) is 0 Å². The van der Waals surface area contributed by atoms with Crippen molar-refractivity contribution in [1.82, 2.24) is 10.6 Å². The summed E-state index contributed by atoms with van der Waals surface area (Å²) in [5.41, 5.74) is 3.52. The molecule has 2 aliphatic rings. The molecule has 0 radical (unpaired) electrons. The average molecular weight is 288 g/mol. The monoisotopic (exact) mass is 288 g/mol. The number of amides is 1. The van der Waals surface area contributed by atoms with Gasteiger partial charge in [-0.2, -0.15) is 0 Å². The van der Waals surface area contributed by atoms with Gasteiger partial charge < -0.3 is 15.4 Å². The van der Waals surface area contributed by atoms with E-state index in [1.807, 2.05) is 12.1 Å². The van der Waals surface area contributed by atoms with Crippen LogP contribution in [0.25, 0.3) is 0 Å². The third-order valence-electron chi connectivity index (χ3n) is 4.39. The number of rotatable bonds is 5. The lowest BCUT2D eigenvalue weighted by Crippen LogP contribution is -2.34. The Balaban J connectivity index is 1.41. The molecule has 1 saturated heterocycles. The zero-order valence-corrected chi connectivity index (χ0v) is 12.5. The van der Waals surface area contributed by atoms with Crippen molar-refractivity contribution in [3.05, 3.63) is 34.9 Å². The van der Waals surface area contributed by atoms with Crippen LogP contribution in [-0.4, -0.2) is 38.3 Å². The molecule has 0 bridgehead atoms. The van der Waals surface area contributed by atoms with Crippen LogP contribution in [0.2, 0.25) is 0 Å². The van der Waals surface area contributed by atoms with Crippen molar-refractivity contribution in [1.29, 1.82) is 0 Å². The van der Waals surface area contributed by atoms with Gasteiger partial charge in [-0.1, -0.05) is 6.07 Å². The van der Waals surface area contributed by atoms with Gasteiger partial charge in [0.25, 0.3) is 5.91 Å². The normalized spacial score (nSPS) is 18.5. The number of carbonyl (C=O) groups is 1. The Morgan fingerprint density at radius 1 is 1.24 bits per heavy atom. The van der Waals surface area contributed by atoms with Crippen molar-refractivity contribution in [3.8, 4) is 0 Å². The SMILES string of the molecule is O=C(NCCOC1CCNCC1)c1ccc2c(c1)CCC2. The first-order valence-electron chi connectivity index (χ1n) is 8.05. The van der Waals surface area contributed by atoms with Crippen LogP contribution in [-0.2, 0) is 17.6 Å². The minimum atomic E-state index is 0.0126. The van der Waals surface area contributed by atoms with Crippen LogP contribution in [0.5, 0.6) is 0 Å². The maximum absolute atomic E-state index is 12.1. The highest BCUT2D eigenvalue weighted by Gasteiger charge is 2.15. The number of hydrogen-bond acceptors (Lipinski definition) is 3. The van der Waals surface area contributed by atoms with Crippen molar-refractivity contribution >= 4 is 5.91 Å². The van der Waals surface area contributed by atoms with E-state index in [0.717, 1.165) is 44.3 Å². The Labute approximate surface area is 126 Å². The Kier molecular flexibility index (Phi) is 4.88. The zero-order valence-electron chi connectivity index (χ0n) is 12.5. The molecule has 1 aromatic rings. The van der Waals surface area contributed by atoms with Crippen LogP contribution >= 0.6 is 0 Å². The molecule has 1 aliphatic carbocycles. The van der Waals surface area contributed by atoms with E-state index < -0.39 is 0 Å². The molecule has 4 heteroatoms. The van der Waals surface area contributed by atoms with E-state index in [-0.39, 0.29) is 5.91 Å². The molecule has 0 spiro atoms. The number of fused-ring (bicyclic) bond motifs is 1. The van der Waals surface area contributed by atoms with Crippen LogP contribution in [0.3, 0.4) is 0 Å². The van der Waals surface area contributed by atoms with Crippen molar-refractivity contribution in [2.45, 2.75) is 38.2 Å². The Bertz CT molecular complexity index is 496. The van der Waals surface area contributed by atoms with E-state index in [1.54, 1.807) is 0 Å². The second-order valence-corrected chi connectivity index (χ2v) is 5.91. The summed E-state index contributed by atoms with van der Waals surface area (Å²) >= 11 is 0. The third-order valence-corrected chi connectivity index (χ3v) is 4.39. The predicted molar refractivity (Wildman–Crippen MR) is 82.6 cm³/mol. The standard InChI is InChI=1S/C17H24N2O2/c20-17(15-5-4-13-2-1-3-14(13)12-15)19-10-11-21-16-6-8-18-9-7-16/h4-5,12,16,18H,1-3,6-11H2,(H,19,20). The molecule has 21 heavy (non-hydrogen) atoms. The number of carbonyl (C=O) groups excluding carboxylic acids is 1. The summed E-state index contributed by atoms with van der Waals surface area (Å²) < 4.78 is 5.79. The van der Waals surface area contributed by atoms with Crippen LogP contribution in [0, 0.1) is 0 Å². The predicted octanol–water partition coefficient (Wildman–Crippen LogP) is 1.67. The van der Waals surface area contributed by atoms with Crippen LogP contribution in [0.1, 0.15) is 40.7 Å². The third kappa shape index (κ3) is 3.83. The van der Waals surface area contributed by atoms with Crippen molar-refractivity contribution in [2.75, 3.05) is 26.2 Å². The summed E-state index contributed by atoms with van der Waals surface area (Å²) in [7, 11) is 0. The molecule has 3 rings (SSSR count). The fourth-order valence-corrected chi connectivity index (χ4v) is 3.17. The first-order valence-corrected chi connectivity index (χ1v) is 8.05. The number of ether oxygens (including phenoxy) is 1. The Hall–Kier alpha value is -1.39. The van der Waals surface area contributed by atoms with E-state index in [4.69, 9.17) is 4.74 Å². The van der Waals surface area contributed by atoms with Gasteiger partial charge in [0.05, 0.1) is 12.7 Å². The quantitative estimate of drug-likeness (QED) is 0.810. The van der Waals surface area contributed by atoms with E-state index in [2.05, 4.69) is 16.7 Å². The molecule has 2 N–H and O–H groups in total. The van der Waals surface area contributed by atoms with E-state index in [9.17, 15) is 4.79 Å². The van der Waals surface area contributed by atoms with E-state index in [0.29, 0.717) is 19.3 Å². The summed E-state index contributed by atoms with van der Waals surface area (Å²) in [5.74, 6) is 0.0126. The second kappa shape index (κ2) is 7.05. The fourth-order valence-electron chi connectivity index (χ4n) is 3.17. The first-order chi connectivity index (χ1) is 10.3. The number of aryl methyl sites for hydroxylation is 2. The molecule has 0 atom stereocenters. The molecule has 1 aromatic carbocycles. The van der Waals surface area contributed by atoms with Gasteiger partial charge in [0.2, 0.25) is 0 Å². The average Bonchev–Trinajstić information content (AvgIpc) is 3.00. The van der Waals surface area contributed by atoms with Gasteiger partial charge in [-0.3, -0.25) is 4.79 Å². The van der Waals surface area contributed by atoms with Crippen LogP contribution in [0.4, 0.5) is 0 Å². The smallest absolute Gasteiger partial charge is 0.251 e. The molecule has 1 fully saturated rings. The molecule has 1 amide bonds. The van der Waals surface area contributed by atoms with Crippen molar-refractivity contribution in [2.24, 2.45) is 0 Å². The van der Waals surface area contributed by atoms with E-state index in [1.165, 1.54) is 17.5 Å². The number of benzene rings is 1. The highest BCUT2D eigenvalue weighted by molar-refractivity contribution is 5.94. The topological polar surface area (TPSA) is 50.4 Å². The highest BCUT2D eigenvalue weighted by Crippen LogP contribution is 2.22. The van der Waals surface area contributed by atoms with Crippen LogP contribution in [0.15, 0.2) is 18.2 Å². The maximum Gasteiger partial charge on any atom is 0.251 e. The lowest BCUT2D eigenvalue weighted by molar-refractivity contribution is 0.0343. The Morgan fingerprint density at radius 2 is 2.05 bits per heavy atom. The molecule has 0 unspecified atom stereocenters. The van der Waals surface area contributed by atoms with Gasteiger partial charge in [0.1, 0.15) is 0 Å². The van der Waals surface area contributed by atoms with E-state index >= 15 is 0 Å². The van der Waals surface area contributed by atoms with Gasteiger partial charge in [0, 0.05) is 12.1 Å². The van der Waals surface area contributed by atoms with Gasteiger partial charge in [-0.25, -0.2) is 0 Å². The largest absolute Gasteiger partial charge is 0.376 e. The molecule has 114 valence electrons. The molecular weight excluding hydrogens is 264 g/mol. The Morgan fingerprint density at radius 3 is 2.90 bits per heavy atom. The summed E-state index contributed by atoms with van der Waals surface area (Å²) in [6.07, 6.45) is 5.96. The first kappa shape index (κ1) is 14.5. The molecule has 1 aliphatic heterocycles. The summed E-state index contributed by atoms with van der Waals surface area (Å²) in [4.78, 5) is 12.1. The maximum atomic E-state index is 12.1. The minimum absolute atomic E-state index is 0.0126. The highest BCUT2D eigenvalue weighted by atomic mass is 16.5. The van der Waals surface area contributed by atoms with Gasteiger partial charge >= 0.3 is 0 Å². The number of piperidine rings is 1. The molecule has 1 heterocycles. The second-order valence-electron chi connectivity index (χ2n) is 5.91. The molecule has 0 aromatic heterocycles. The lowest BCUT2D eigenvalue weighted by Gasteiger charge is -2.22. The zero-order chi connectivity index (χ0) is 14.5. The van der Waals surface area contributed by atoms with Gasteiger partial charge in [-0.15, -0.1) is 0 Å². The molecule has 0 saturated carbocycles. The number of nitrogens with one attached hydrogen (secondary N) is 2. The van der Waals surface area contributed by atoms with Crippen LogP contribution < -0.4 is 10.6 Å². The number of hydrogen-bond donors (Lipinski definition) is 2. The summed E-state index contributed by atoms with van der Waals surface area (Å²) in [5, 5.41) is 6.27.